The number of anilines is 1. The summed E-state index contributed by atoms with van der Waals surface area (Å²) < 4.78 is 0. The highest BCUT2D eigenvalue weighted by Gasteiger charge is 2.55. The molecule has 5 nitrogen and oxygen atoms in total. The SMILES string of the molecule is O=C(O)[C@@]12CCC[C@H]1CN(c1ncc(Cl)cn1)C2. The number of aromatic nitrogens is 2. The first-order valence-electron chi connectivity index (χ1n) is 6.08. The second-order valence-electron chi connectivity index (χ2n) is 5.13. The van der Waals surface area contributed by atoms with Crippen molar-refractivity contribution < 1.29 is 9.90 Å². The van der Waals surface area contributed by atoms with Gasteiger partial charge in [-0.15, -0.1) is 0 Å². The van der Waals surface area contributed by atoms with Crippen LogP contribution in [0.1, 0.15) is 19.3 Å². The molecule has 0 bridgehead atoms. The molecule has 6 heteroatoms. The highest BCUT2D eigenvalue weighted by Crippen LogP contribution is 2.49. The fourth-order valence-corrected chi connectivity index (χ4v) is 3.36. The molecule has 2 fully saturated rings. The number of carboxylic acid groups (broad SMARTS) is 1. The van der Waals surface area contributed by atoms with E-state index in [1.54, 1.807) is 12.4 Å². The molecule has 0 radical (unpaired) electrons. The number of nitrogens with zero attached hydrogens (tertiary/aromatic N) is 3. The Labute approximate surface area is 110 Å². The number of halogens is 1. The van der Waals surface area contributed by atoms with Crippen molar-refractivity contribution in [3.05, 3.63) is 17.4 Å². The highest BCUT2D eigenvalue weighted by molar-refractivity contribution is 6.30. The molecule has 96 valence electrons. The number of fused-ring (bicyclic) bond motifs is 1. The van der Waals surface area contributed by atoms with Crippen molar-refractivity contribution in [2.45, 2.75) is 19.3 Å². The first kappa shape index (κ1) is 11.7. The summed E-state index contributed by atoms with van der Waals surface area (Å²) in [5.41, 5.74) is -0.594. The van der Waals surface area contributed by atoms with Gasteiger partial charge in [-0.2, -0.15) is 0 Å². The molecule has 18 heavy (non-hydrogen) atoms. The first-order chi connectivity index (χ1) is 8.62. The second-order valence-corrected chi connectivity index (χ2v) is 5.57. The Hall–Kier alpha value is -1.36. The fraction of sp³-hybridized carbons (Fsp3) is 0.583. The predicted octanol–water partition coefficient (Wildman–Crippen LogP) is 1.82. The largest absolute Gasteiger partial charge is 0.481 e. The average Bonchev–Trinajstić information content (AvgIpc) is 2.87. The molecule has 1 aromatic rings. The van der Waals surface area contributed by atoms with Crippen molar-refractivity contribution >= 4 is 23.5 Å². The molecule has 2 aliphatic rings. The van der Waals surface area contributed by atoms with Gasteiger partial charge in [0.05, 0.1) is 22.8 Å². The van der Waals surface area contributed by atoms with Crippen molar-refractivity contribution in [1.29, 1.82) is 0 Å². The van der Waals surface area contributed by atoms with Gasteiger partial charge in [0.1, 0.15) is 0 Å². The van der Waals surface area contributed by atoms with Crippen LogP contribution in [0, 0.1) is 11.3 Å². The molecule has 0 unspecified atom stereocenters. The van der Waals surface area contributed by atoms with Crippen LogP contribution in [0.3, 0.4) is 0 Å². The van der Waals surface area contributed by atoms with E-state index in [0.29, 0.717) is 17.5 Å². The minimum Gasteiger partial charge on any atom is -0.481 e. The maximum Gasteiger partial charge on any atom is 0.311 e. The average molecular weight is 268 g/mol. The normalized spacial score (nSPS) is 30.5. The summed E-state index contributed by atoms with van der Waals surface area (Å²) in [5, 5.41) is 9.99. The lowest BCUT2D eigenvalue weighted by atomic mass is 9.81. The van der Waals surface area contributed by atoms with Gasteiger partial charge in [0, 0.05) is 13.1 Å². The molecule has 0 spiro atoms. The van der Waals surface area contributed by atoms with Crippen LogP contribution in [0.4, 0.5) is 5.95 Å². The molecule has 2 atom stereocenters. The molecule has 0 aromatic carbocycles. The van der Waals surface area contributed by atoms with Crippen LogP contribution in [0.5, 0.6) is 0 Å². The lowest BCUT2D eigenvalue weighted by molar-refractivity contribution is -0.149. The molecule has 1 aromatic heterocycles. The molecular weight excluding hydrogens is 254 g/mol. The van der Waals surface area contributed by atoms with Crippen LogP contribution < -0.4 is 4.90 Å². The Kier molecular flexibility index (Phi) is 2.66. The van der Waals surface area contributed by atoms with Gasteiger partial charge in [-0.25, -0.2) is 9.97 Å². The lowest BCUT2D eigenvalue weighted by Crippen LogP contribution is -2.36. The van der Waals surface area contributed by atoms with Crippen LogP contribution >= 0.6 is 11.6 Å². The molecule has 1 saturated carbocycles. The number of carboxylic acids is 1. The standard InChI is InChI=1S/C12H14ClN3O2/c13-9-4-14-11(15-5-9)16-6-8-2-1-3-12(8,7-16)10(17)18/h4-5,8H,1-3,6-7H2,(H,17,18)/t8-,12+/m0/s1. The van der Waals surface area contributed by atoms with Crippen molar-refractivity contribution in [3.63, 3.8) is 0 Å². The Morgan fingerprint density at radius 1 is 1.50 bits per heavy atom. The van der Waals surface area contributed by atoms with Crippen LogP contribution in [0.25, 0.3) is 0 Å². The molecule has 1 aliphatic carbocycles. The van der Waals surface area contributed by atoms with E-state index in [1.807, 2.05) is 4.90 Å². The van der Waals surface area contributed by atoms with E-state index in [-0.39, 0.29) is 5.92 Å². The topological polar surface area (TPSA) is 66.3 Å². The molecule has 1 N–H and O–H groups in total. The van der Waals surface area contributed by atoms with Crippen molar-refractivity contribution in [2.75, 3.05) is 18.0 Å². The maximum absolute atomic E-state index is 11.5. The fourth-order valence-electron chi connectivity index (χ4n) is 3.26. The van der Waals surface area contributed by atoms with Gasteiger partial charge in [-0.1, -0.05) is 18.0 Å². The number of hydrogen-bond acceptors (Lipinski definition) is 4. The Balaban J connectivity index is 1.86. The molecule has 3 rings (SSSR count). The van der Waals surface area contributed by atoms with E-state index in [2.05, 4.69) is 9.97 Å². The van der Waals surface area contributed by atoms with E-state index >= 15 is 0 Å². The van der Waals surface area contributed by atoms with Crippen LogP contribution in [-0.2, 0) is 4.79 Å². The zero-order chi connectivity index (χ0) is 12.8. The van der Waals surface area contributed by atoms with E-state index in [4.69, 9.17) is 11.6 Å². The minimum absolute atomic E-state index is 0.217. The smallest absolute Gasteiger partial charge is 0.311 e. The second kappa shape index (κ2) is 4.09. The minimum atomic E-state index is -0.679. The summed E-state index contributed by atoms with van der Waals surface area (Å²) in [4.78, 5) is 21.8. The van der Waals surface area contributed by atoms with E-state index in [9.17, 15) is 9.90 Å². The Morgan fingerprint density at radius 2 is 2.22 bits per heavy atom. The summed E-state index contributed by atoms with van der Waals surface area (Å²) in [6.07, 6.45) is 5.84. The summed E-state index contributed by atoms with van der Waals surface area (Å²) in [6, 6.07) is 0. The first-order valence-corrected chi connectivity index (χ1v) is 6.45. The Morgan fingerprint density at radius 3 is 2.83 bits per heavy atom. The molecular formula is C12H14ClN3O2. The van der Waals surface area contributed by atoms with E-state index in [0.717, 1.165) is 25.8 Å². The van der Waals surface area contributed by atoms with Crippen molar-refractivity contribution in [1.82, 2.24) is 9.97 Å². The van der Waals surface area contributed by atoms with E-state index < -0.39 is 11.4 Å². The van der Waals surface area contributed by atoms with Gasteiger partial charge in [-0.05, 0) is 18.8 Å². The van der Waals surface area contributed by atoms with Gasteiger partial charge in [0.25, 0.3) is 0 Å². The molecule has 1 saturated heterocycles. The van der Waals surface area contributed by atoms with Crippen molar-refractivity contribution in [3.8, 4) is 0 Å². The predicted molar refractivity (Wildman–Crippen MR) is 66.7 cm³/mol. The summed E-state index contributed by atoms with van der Waals surface area (Å²) in [5.74, 6) is 0.116. The zero-order valence-corrected chi connectivity index (χ0v) is 10.6. The van der Waals surface area contributed by atoms with Crippen LogP contribution in [0.15, 0.2) is 12.4 Å². The van der Waals surface area contributed by atoms with E-state index in [1.165, 1.54) is 0 Å². The third-order valence-corrected chi connectivity index (χ3v) is 4.38. The summed E-state index contributed by atoms with van der Waals surface area (Å²) >= 11 is 5.75. The van der Waals surface area contributed by atoms with Gasteiger partial charge in [-0.3, -0.25) is 4.79 Å². The highest BCUT2D eigenvalue weighted by atomic mass is 35.5. The van der Waals surface area contributed by atoms with Crippen molar-refractivity contribution in [2.24, 2.45) is 11.3 Å². The maximum atomic E-state index is 11.5. The molecule has 1 aliphatic heterocycles. The van der Waals surface area contributed by atoms with Gasteiger partial charge >= 0.3 is 5.97 Å². The van der Waals surface area contributed by atoms with Gasteiger partial charge in [0.15, 0.2) is 0 Å². The van der Waals surface area contributed by atoms with Gasteiger partial charge in [0.2, 0.25) is 5.95 Å². The van der Waals surface area contributed by atoms with Crippen LogP contribution in [-0.4, -0.2) is 34.1 Å². The summed E-state index contributed by atoms with van der Waals surface area (Å²) in [6.45, 7) is 1.24. The number of hydrogen-bond donors (Lipinski definition) is 1. The third kappa shape index (κ3) is 1.65. The Bertz CT molecular complexity index is 479. The third-order valence-electron chi connectivity index (χ3n) is 4.19. The monoisotopic (exact) mass is 267 g/mol. The quantitative estimate of drug-likeness (QED) is 0.885. The zero-order valence-electron chi connectivity index (χ0n) is 9.84. The molecule has 0 amide bonds. The summed E-state index contributed by atoms with van der Waals surface area (Å²) in [7, 11) is 0. The number of rotatable bonds is 2. The number of aliphatic carboxylic acids is 1. The lowest BCUT2D eigenvalue weighted by Gasteiger charge is -2.23. The van der Waals surface area contributed by atoms with Gasteiger partial charge < -0.3 is 10.0 Å². The number of carbonyl (C=O) groups is 1. The van der Waals surface area contributed by atoms with Crippen LogP contribution in [0.2, 0.25) is 5.02 Å². The molecule has 2 heterocycles.